The smallest absolute Gasteiger partial charge is 0.264 e. The van der Waals surface area contributed by atoms with Crippen molar-refractivity contribution in [3.8, 4) is 0 Å². The van der Waals surface area contributed by atoms with Crippen molar-refractivity contribution in [3.05, 3.63) is 52.7 Å². The van der Waals surface area contributed by atoms with Gasteiger partial charge in [0.15, 0.2) is 15.5 Å². The second kappa shape index (κ2) is 6.51. The summed E-state index contributed by atoms with van der Waals surface area (Å²) in [5.41, 5.74) is 2.00. The van der Waals surface area contributed by atoms with Crippen LogP contribution in [0.15, 0.2) is 41.6 Å². The van der Waals surface area contributed by atoms with Crippen LogP contribution in [-0.4, -0.2) is 51.7 Å². The highest BCUT2D eigenvalue weighted by Gasteiger charge is 2.31. The monoisotopic (exact) mass is 413 g/mol. The molecule has 4 heterocycles. The topological polar surface area (TPSA) is 107 Å². The van der Waals surface area contributed by atoms with Gasteiger partial charge in [0.2, 0.25) is 5.91 Å². The van der Waals surface area contributed by atoms with Crippen LogP contribution >= 0.6 is 0 Å². The molecule has 0 saturated carbocycles. The van der Waals surface area contributed by atoms with E-state index in [1.165, 1.54) is 21.8 Å². The predicted molar refractivity (Wildman–Crippen MR) is 107 cm³/mol. The van der Waals surface area contributed by atoms with E-state index < -0.39 is 9.84 Å². The minimum atomic E-state index is -3.08. The number of para-hydroxylation sites is 1. The maximum Gasteiger partial charge on any atom is 0.264 e. The van der Waals surface area contributed by atoms with Crippen LogP contribution in [0.5, 0.6) is 0 Å². The van der Waals surface area contributed by atoms with E-state index in [-0.39, 0.29) is 40.9 Å². The van der Waals surface area contributed by atoms with Crippen LogP contribution in [0.25, 0.3) is 11.0 Å². The van der Waals surface area contributed by atoms with Gasteiger partial charge < -0.3 is 4.90 Å². The number of carbonyl (C=O) groups is 1. The number of nitrogens with zero attached hydrogens (tertiary/aromatic N) is 5. The Morgan fingerprint density at radius 1 is 1.24 bits per heavy atom. The van der Waals surface area contributed by atoms with Gasteiger partial charge in [0.25, 0.3) is 5.56 Å². The molecule has 10 heteroatoms. The molecule has 2 aliphatic rings. The van der Waals surface area contributed by atoms with E-state index in [1.54, 1.807) is 4.90 Å². The van der Waals surface area contributed by atoms with Crippen LogP contribution in [0.1, 0.15) is 18.0 Å². The molecule has 0 unspecified atom stereocenters. The fraction of sp³-hybridized carbons (Fsp3) is 0.368. The van der Waals surface area contributed by atoms with Crippen LogP contribution in [0.4, 0.5) is 5.69 Å². The molecule has 150 valence electrons. The summed E-state index contributed by atoms with van der Waals surface area (Å²) in [4.78, 5) is 31.7. The summed E-state index contributed by atoms with van der Waals surface area (Å²) in [7, 11) is -3.08. The summed E-state index contributed by atoms with van der Waals surface area (Å²) < 4.78 is 26.3. The molecule has 3 aromatic rings. The molecule has 1 fully saturated rings. The van der Waals surface area contributed by atoms with Crippen LogP contribution in [-0.2, 0) is 27.6 Å². The Morgan fingerprint density at radius 3 is 2.86 bits per heavy atom. The summed E-state index contributed by atoms with van der Waals surface area (Å²) in [6, 6.07) is 7.43. The lowest BCUT2D eigenvalue weighted by Gasteiger charge is -2.18. The van der Waals surface area contributed by atoms with Crippen LogP contribution in [0, 0.1) is 0 Å². The van der Waals surface area contributed by atoms with E-state index in [4.69, 9.17) is 0 Å². The van der Waals surface area contributed by atoms with Gasteiger partial charge in [0, 0.05) is 12.2 Å². The number of hydrogen-bond donors (Lipinski definition) is 0. The Bertz CT molecular complexity index is 1290. The summed E-state index contributed by atoms with van der Waals surface area (Å²) in [6.07, 6.45) is 4.00. The molecule has 5 rings (SSSR count). The molecule has 2 aromatic heterocycles. The number of aromatic nitrogens is 4. The van der Waals surface area contributed by atoms with Gasteiger partial charge in [-0.05, 0) is 24.5 Å². The molecule has 1 amide bonds. The second-order valence-corrected chi connectivity index (χ2v) is 9.71. The van der Waals surface area contributed by atoms with Gasteiger partial charge in [0.05, 0.1) is 23.7 Å². The van der Waals surface area contributed by atoms with E-state index in [9.17, 15) is 18.0 Å². The van der Waals surface area contributed by atoms with Crippen molar-refractivity contribution in [1.29, 1.82) is 0 Å². The maximum absolute atomic E-state index is 12.9. The molecule has 0 spiro atoms. The molecular formula is C19H19N5O4S. The molecule has 1 atom stereocenters. The van der Waals surface area contributed by atoms with Crippen LogP contribution in [0.2, 0.25) is 0 Å². The first kappa shape index (κ1) is 18.0. The standard InChI is InChI=1S/C19H19N5O4S/c25-17(23-7-5-13-3-1-2-4-16(13)23)10-22-12-20-18-15(19(22)26)9-21-24(18)14-6-8-29(27,28)11-14/h1-4,9,12,14H,5-8,10-11H2/t14-/m0/s1. The average molecular weight is 413 g/mol. The van der Waals surface area contributed by atoms with E-state index >= 15 is 0 Å². The third kappa shape index (κ3) is 3.03. The van der Waals surface area contributed by atoms with Crippen molar-refractivity contribution in [2.75, 3.05) is 23.0 Å². The molecule has 0 bridgehead atoms. The number of fused-ring (bicyclic) bond motifs is 2. The Kier molecular flexibility index (Phi) is 4.05. The zero-order valence-electron chi connectivity index (χ0n) is 15.6. The van der Waals surface area contributed by atoms with Crippen molar-refractivity contribution in [1.82, 2.24) is 19.3 Å². The fourth-order valence-electron chi connectivity index (χ4n) is 4.14. The third-order valence-electron chi connectivity index (χ3n) is 5.63. The van der Waals surface area contributed by atoms with Gasteiger partial charge in [0.1, 0.15) is 18.3 Å². The molecule has 1 aromatic carbocycles. The zero-order chi connectivity index (χ0) is 20.2. The lowest BCUT2D eigenvalue weighted by atomic mass is 10.2. The van der Waals surface area contributed by atoms with Gasteiger partial charge in [-0.3, -0.25) is 14.2 Å². The largest absolute Gasteiger partial charge is 0.310 e. The lowest BCUT2D eigenvalue weighted by molar-refractivity contribution is -0.119. The Balaban J connectivity index is 1.43. The number of rotatable bonds is 3. The quantitative estimate of drug-likeness (QED) is 0.620. The number of carbonyl (C=O) groups excluding carboxylic acids is 1. The van der Waals surface area contributed by atoms with Crippen LogP contribution < -0.4 is 10.5 Å². The Morgan fingerprint density at radius 2 is 2.07 bits per heavy atom. The number of benzene rings is 1. The molecule has 1 saturated heterocycles. The maximum atomic E-state index is 12.9. The molecule has 0 radical (unpaired) electrons. The van der Waals surface area contributed by atoms with Gasteiger partial charge in [-0.1, -0.05) is 18.2 Å². The number of anilines is 1. The lowest BCUT2D eigenvalue weighted by Crippen LogP contribution is -2.35. The number of amides is 1. The highest BCUT2D eigenvalue weighted by atomic mass is 32.2. The van der Waals surface area contributed by atoms with Crippen LogP contribution in [0.3, 0.4) is 0 Å². The summed E-state index contributed by atoms with van der Waals surface area (Å²) >= 11 is 0. The summed E-state index contributed by atoms with van der Waals surface area (Å²) in [5.74, 6) is -0.0593. The van der Waals surface area contributed by atoms with Gasteiger partial charge in [-0.2, -0.15) is 5.10 Å². The molecule has 2 aliphatic heterocycles. The number of hydrogen-bond acceptors (Lipinski definition) is 6. The highest BCUT2D eigenvalue weighted by molar-refractivity contribution is 7.91. The average Bonchev–Trinajstić information content (AvgIpc) is 3.40. The number of sulfone groups is 1. The molecular weight excluding hydrogens is 394 g/mol. The SMILES string of the molecule is O=C(Cn1cnc2c(cnn2[C@H]2CCS(=O)(=O)C2)c1=O)N1CCc2ccccc21. The predicted octanol–water partition coefficient (Wildman–Crippen LogP) is 0.542. The third-order valence-corrected chi connectivity index (χ3v) is 7.38. The van der Waals surface area contributed by atoms with Gasteiger partial charge in [-0.25, -0.2) is 18.1 Å². The first-order chi connectivity index (χ1) is 13.9. The fourth-order valence-corrected chi connectivity index (χ4v) is 5.84. The Labute approximate surface area is 166 Å². The summed E-state index contributed by atoms with van der Waals surface area (Å²) in [6.45, 7) is 0.482. The van der Waals surface area contributed by atoms with Crippen molar-refractivity contribution in [2.24, 2.45) is 0 Å². The minimum Gasteiger partial charge on any atom is -0.310 e. The van der Waals surface area contributed by atoms with E-state index in [2.05, 4.69) is 10.1 Å². The Hall–Kier alpha value is -3.01. The van der Waals surface area contributed by atoms with Crippen molar-refractivity contribution >= 4 is 32.5 Å². The highest BCUT2D eigenvalue weighted by Crippen LogP contribution is 2.28. The van der Waals surface area contributed by atoms with Gasteiger partial charge in [-0.15, -0.1) is 0 Å². The molecule has 0 N–H and O–H groups in total. The zero-order valence-corrected chi connectivity index (χ0v) is 16.4. The minimum absolute atomic E-state index is 0.00139. The van der Waals surface area contributed by atoms with Crippen molar-refractivity contribution in [2.45, 2.75) is 25.4 Å². The van der Waals surface area contributed by atoms with E-state index in [1.807, 2.05) is 24.3 Å². The molecule has 0 aliphatic carbocycles. The molecule has 29 heavy (non-hydrogen) atoms. The van der Waals surface area contributed by atoms with E-state index in [0.717, 1.165) is 17.7 Å². The first-order valence-electron chi connectivity index (χ1n) is 9.44. The second-order valence-electron chi connectivity index (χ2n) is 7.48. The summed E-state index contributed by atoms with van der Waals surface area (Å²) in [5, 5.41) is 4.50. The van der Waals surface area contributed by atoms with Crippen molar-refractivity contribution < 1.29 is 13.2 Å². The van der Waals surface area contributed by atoms with Gasteiger partial charge >= 0.3 is 0 Å². The van der Waals surface area contributed by atoms with Crippen molar-refractivity contribution in [3.63, 3.8) is 0 Å². The molecule has 9 nitrogen and oxygen atoms in total. The van der Waals surface area contributed by atoms with E-state index in [0.29, 0.717) is 18.6 Å². The normalized spacial score (nSPS) is 20.3. The first-order valence-corrected chi connectivity index (χ1v) is 11.3.